The highest BCUT2D eigenvalue weighted by molar-refractivity contribution is 7.92. The molecule has 0 bridgehead atoms. The van der Waals surface area contributed by atoms with Crippen molar-refractivity contribution < 1.29 is 18.0 Å². The first-order valence-electron chi connectivity index (χ1n) is 12.2. The molecule has 0 spiro atoms. The molecule has 4 aromatic carbocycles. The number of sulfonamides is 1. The smallest absolute Gasteiger partial charge is 0.255 e. The van der Waals surface area contributed by atoms with Gasteiger partial charge >= 0.3 is 0 Å². The second kappa shape index (κ2) is 12.1. The molecular weight excluding hydrogens is 534 g/mol. The van der Waals surface area contributed by atoms with Crippen molar-refractivity contribution in [2.75, 3.05) is 15.9 Å². The summed E-state index contributed by atoms with van der Waals surface area (Å²) in [6.07, 6.45) is 1.12. The Morgan fingerprint density at radius 1 is 0.821 bits per heavy atom. The van der Waals surface area contributed by atoms with Gasteiger partial charge in [-0.3, -0.25) is 13.9 Å². The van der Waals surface area contributed by atoms with Crippen LogP contribution in [0.15, 0.2) is 103 Å². The summed E-state index contributed by atoms with van der Waals surface area (Å²) in [5, 5.41) is 6.22. The van der Waals surface area contributed by atoms with Crippen LogP contribution < -0.4 is 14.9 Å². The summed E-state index contributed by atoms with van der Waals surface area (Å²) in [6, 6.07) is 29.3. The van der Waals surface area contributed by atoms with Gasteiger partial charge in [0.15, 0.2) is 0 Å². The van der Waals surface area contributed by atoms with Crippen LogP contribution in [0.5, 0.6) is 0 Å². The van der Waals surface area contributed by atoms with Crippen molar-refractivity contribution in [1.82, 2.24) is 5.32 Å². The largest absolute Gasteiger partial charge is 0.345 e. The highest BCUT2D eigenvalue weighted by atomic mass is 35.5. The summed E-state index contributed by atoms with van der Waals surface area (Å²) in [4.78, 5) is 26.1. The number of hydrogen-bond donors (Lipinski definition) is 2. The third kappa shape index (κ3) is 7.04. The van der Waals surface area contributed by atoms with Crippen molar-refractivity contribution in [3.05, 3.63) is 130 Å². The molecule has 0 aliphatic heterocycles. The van der Waals surface area contributed by atoms with Crippen LogP contribution in [0, 0.1) is 0 Å². The predicted octanol–water partition coefficient (Wildman–Crippen LogP) is 6.05. The number of hydrogen-bond acceptors (Lipinski definition) is 4. The highest BCUT2D eigenvalue weighted by Gasteiger charge is 2.20. The lowest BCUT2D eigenvalue weighted by molar-refractivity contribution is 0.0940. The lowest BCUT2D eigenvalue weighted by Crippen LogP contribution is -2.29. The first kappa shape index (κ1) is 27.9. The monoisotopic (exact) mass is 561 g/mol. The van der Waals surface area contributed by atoms with Crippen LogP contribution >= 0.6 is 11.6 Å². The van der Waals surface area contributed by atoms with E-state index in [1.54, 1.807) is 60.7 Å². The van der Waals surface area contributed by atoms with Gasteiger partial charge in [-0.15, -0.1) is 0 Å². The van der Waals surface area contributed by atoms with Crippen LogP contribution in [0.1, 0.15) is 44.8 Å². The summed E-state index contributed by atoms with van der Waals surface area (Å²) in [6.45, 7) is 1.94. The molecule has 39 heavy (non-hydrogen) atoms. The number of nitrogens with zero attached hydrogens (tertiary/aromatic N) is 1. The molecule has 1 atom stereocenters. The van der Waals surface area contributed by atoms with E-state index in [1.165, 1.54) is 16.4 Å². The Labute approximate surface area is 233 Å². The van der Waals surface area contributed by atoms with Gasteiger partial charge in [-0.25, -0.2) is 8.42 Å². The van der Waals surface area contributed by atoms with Crippen molar-refractivity contribution in [1.29, 1.82) is 0 Å². The van der Waals surface area contributed by atoms with E-state index in [4.69, 9.17) is 11.6 Å². The molecule has 2 N–H and O–H groups in total. The molecule has 0 saturated carbocycles. The first-order chi connectivity index (χ1) is 18.6. The zero-order valence-electron chi connectivity index (χ0n) is 21.5. The van der Waals surface area contributed by atoms with E-state index >= 15 is 0 Å². The zero-order valence-corrected chi connectivity index (χ0v) is 23.0. The van der Waals surface area contributed by atoms with Gasteiger partial charge in [0.25, 0.3) is 11.8 Å². The maximum Gasteiger partial charge on any atom is 0.255 e. The number of carbonyl (C=O) groups is 2. The fourth-order valence-corrected chi connectivity index (χ4v) is 5.12. The number of para-hydroxylation sites is 1. The Bertz CT molecular complexity index is 1580. The van der Waals surface area contributed by atoms with Crippen molar-refractivity contribution in [2.24, 2.45) is 0 Å². The van der Waals surface area contributed by atoms with Crippen LogP contribution in [0.4, 0.5) is 11.4 Å². The Morgan fingerprint density at radius 2 is 1.44 bits per heavy atom. The Hall–Kier alpha value is -4.14. The van der Waals surface area contributed by atoms with Gasteiger partial charge in [-0.05, 0) is 60.5 Å². The van der Waals surface area contributed by atoms with Crippen LogP contribution in [0.2, 0.25) is 5.02 Å². The molecular formula is C30H28ClN3O4S. The molecule has 0 saturated heterocycles. The van der Waals surface area contributed by atoms with Gasteiger partial charge in [0.2, 0.25) is 10.0 Å². The maximum atomic E-state index is 13.1. The molecule has 9 heteroatoms. The fourth-order valence-electron chi connectivity index (χ4n) is 4.04. The standard InChI is InChI=1S/C30H28ClN3O4S/c1-21(22-10-4-3-5-11-22)32-30(36)26-13-7-9-15-28(26)33-29(35)23-16-18-25(19-17-23)34(39(2,37)38)20-24-12-6-8-14-27(24)31/h3-19,21H,20H2,1-2H3,(H,32,36)(H,33,35)/t21-/m0/s1. The molecule has 7 nitrogen and oxygen atoms in total. The van der Waals surface area contributed by atoms with Gasteiger partial charge in [-0.1, -0.05) is 72.3 Å². The highest BCUT2D eigenvalue weighted by Crippen LogP contribution is 2.25. The second-order valence-corrected chi connectivity index (χ2v) is 11.3. The lowest BCUT2D eigenvalue weighted by atomic mass is 10.1. The molecule has 200 valence electrons. The van der Waals surface area contributed by atoms with E-state index in [0.29, 0.717) is 33.1 Å². The lowest BCUT2D eigenvalue weighted by Gasteiger charge is -2.23. The number of nitrogens with one attached hydrogen (secondary N) is 2. The van der Waals surface area contributed by atoms with E-state index in [0.717, 1.165) is 11.8 Å². The third-order valence-corrected chi connectivity index (χ3v) is 7.67. The molecule has 2 amide bonds. The summed E-state index contributed by atoms with van der Waals surface area (Å²) >= 11 is 6.24. The molecule has 0 fully saturated rings. The van der Waals surface area contributed by atoms with Crippen LogP contribution in [0.3, 0.4) is 0 Å². The molecule has 0 heterocycles. The summed E-state index contributed by atoms with van der Waals surface area (Å²) < 4.78 is 26.3. The Balaban J connectivity index is 1.50. The van der Waals surface area contributed by atoms with Gasteiger partial charge in [-0.2, -0.15) is 0 Å². The second-order valence-electron chi connectivity index (χ2n) is 9.01. The number of amides is 2. The molecule has 0 aliphatic rings. The predicted molar refractivity (Wildman–Crippen MR) is 156 cm³/mol. The molecule has 0 aliphatic carbocycles. The normalized spacial score (nSPS) is 11.9. The fraction of sp³-hybridized carbons (Fsp3) is 0.133. The minimum absolute atomic E-state index is 0.0495. The summed E-state index contributed by atoms with van der Waals surface area (Å²) in [7, 11) is -3.63. The summed E-state index contributed by atoms with van der Waals surface area (Å²) in [5.41, 5.74) is 3.00. The Morgan fingerprint density at radius 3 is 2.10 bits per heavy atom. The van der Waals surface area contributed by atoms with Crippen LogP contribution in [0.25, 0.3) is 0 Å². The molecule has 4 rings (SSSR count). The molecule has 0 unspecified atom stereocenters. The molecule has 4 aromatic rings. The Kier molecular flexibility index (Phi) is 8.69. The van der Waals surface area contributed by atoms with Crippen LogP contribution in [-0.2, 0) is 16.6 Å². The van der Waals surface area contributed by atoms with E-state index in [1.807, 2.05) is 37.3 Å². The van der Waals surface area contributed by atoms with Gasteiger partial charge < -0.3 is 10.6 Å². The number of anilines is 2. The van der Waals surface area contributed by atoms with Crippen molar-refractivity contribution in [3.8, 4) is 0 Å². The minimum atomic E-state index is -3.63. The number of halogens is 1. The summed E-state index contributed by atoms with van der Waals surface area (Å²) in [5.74, 6) is -0.754. The molecule has 0 radical (unpaired) electrons. The van der Waals surface area contributed by atoms with E-state index < -0.39 is 15.9 Å². The van der Waals surface area contributed by atoms with Gasteiger partial charge in [0.1, 0.15) is 0 Å². The van der Waals surface area contributed by atoms with Gasteiger partial charge in [0.05, 0.1) is 35.8 Å². The van der Waals surface area contributed by atoms with E-state index in [-0.39, 0.29) is 18.5 Å². The average Bonchev–Trinajstić information content (AvgIpc) is 2.92. The number of rotatable bonds is 9. The topological polar surface area (TPSA) is 95.6 Å². The first-order valence-corrected chi connectivity index (χ1v) is 14.4. The van der Waals surface area contributed by atoms with Crippen molar-refractivity contribution >= 4 is 44.8 Å². The molecule has 0 aromatic heterocycles. The van der Waals surface area contributed by atoms with Crippen LogP contribution in [-0.4, -0.2) is 26.5 Å². The quantitative estimate of drug-likeness (QED) is 0.260. The SMILES string of the molecule is C[C@H](NC(=O)c1ccccc1NC(=O)c1ccc(N(Cc2ccccc2Cl)S(C)(=O)=O)cc1)c1ccccc1. The zero-order chi connectivity index (χ0) is 28.0. The van der Waals surface area contributed by atoms with Crippen molar-refractivity contribution in [2.45, 2.75) is 19.5 Å². The maximum absolute atomic E-state index is 13.1. The average molecular weight is 562 g/mol. The minimum Gasteiger partial charge on any atom is -0.345 e. The third-order valence-electron chi connectivity index (χ3n) is 6.16. The number of carbonyl (C=O) groups excluding carboxylic acids is 2. The van der Waals surface area contributed by atoms with E-state index in [9.17, 15) is 18.0 Å². The van der Waals surface area contributed by atoms with Crippen molar-refractivity contribution in [3.63, 3.8) is 0 Å². The number of benzene rings is 4. The van der Waals surface area contributed by atoms with E-state index in [2.05, 4.69) is 10.6 Å². The van der Waals surface area contributed by atoms with Gasteiger partial charge in [0, 0.05) is 10.6 Å².